The summed E-state index contributed by atoms with van der Waals surface area (Å²) in [5.74, 6) is 0.929. The minimum atomic E-state index is -0.520. The van der Waals surface area contributed by atoms with Crippen molar-refractivity contribution in [3.05, 3.63) is 23.9 Å². The highest BCUT2D eigenvalue weighted by molar-refractivity contribution is 5.39. The van der Waals surface area contributed by atoms with E-state index in [1.165, 1.54) is 5.56 Å². The number of rotatable bonds is 6. The van der Waals surface area contributed by atoms with Crippen molar-refractivity contribution < 1.29 is 5.11 Å². The molecule has 0 aliphatic heterocycles. The number of aliphatic hydroxyl groups is 1. The lowest BCUT2D eigenvalue weighted by molar-refractivity contribution is 0.0558. The second-order valence-corrected chi connectivity index (χ2v) is 6.35. The highest BCUT2D eigenvalue weighted by atomic mass is 16.3. The number of hydrogen-bond donors (Lipinski definition) is 2. The summed E-state index contributed by atoms with van der Waals surface area (Å²) < 4.78 is 0. The number of nitrogens with one attached hydrogen (secondary N) is 1. The van der Waals surface area contributed by atoms with E-state index in [0.29, 0.717) is 12.6 Å². The van der Waals surface area contributed by atoms with Gasteiger partial charge in [0, 0.05) is 32.4 Å². The van der Waals surface area contributed by atoms with Crippen LogP contribution in [-0.4, -0.2) is 35.3 Å². The van der Waals surface area contributed by atoms with Crippen molar-refractivity contribution >= 4 is 5.82 Å². The van der Waals surface area contributed by atoms with E-state index in [0.717, 1.165) is 38.0 Å². The van der Waals surface area contributed by atoms with Crippen LogP contribution < -0.4 is 10.2 Å². The maximum Gasteiger partial charge on any atom is 0.128 e. The summed E-state index contributed by atoms with van der Waals surface area (Å²) >= 11 is 0. The minimum Gasteiger partial charge on any atom is -0.388 e. The lowest BCUT2D eigenvalue weighted by atomic mass is 10.0. The molecule has 4 heteroatoms. The molecule has 0 amide bonds. The Morgan fingerprint density at radius 2 is 2.05 bits per heavy atom. The monoisotopic (exact) mass is 277 g/mol. The molecule has 0 saturated heterocycles. The number of aromatic nitrogens is 1. The zero-order valence-electron chi connectivity index (χ0n) is 12.9. The lowest BCUT2D eigenvalue weighted by Crippen LogP contribution is -2.39. The number of likely N-dealkylation sites (N-methyl/N-ethyl adjacent to an activating group) is 1. The number of nitrogens with zero attached hydrogens (tertiary/aromatic N) is 2. The molecular formula is C16H27N3O. The molecule has 2 N–H and O–H groups in total. The van der Waals surface area contributed by atoms with Gasteiger partial charge in [-0.05, 0) is 24.5 Å². The van der Waals surface area contributed by atoms with Gasteiger partial charge in [0.1, 0.15) is 5.82 Å². The SMILES string of the molecule is CC(C)NCc1ccc(N(C)CC2(O)CCCC2)nc1. The van der Waals surface area contributed by atoms with Crippen LogP contribution in [-0.2, 0) is 6.54 Å². The first-order valence-electron chi connectivity index (χ1n) is 7.60. The number of anilines is 1. The molecule has 112 valence electrons. The van der Waals surface area contributed by atoms with E-state index >= 15 is 0 Å². The predicted molar refractivity (Wildman–Crippen MR) is 82.9 cm³/mol. The molecular weight excluding hydrogens is 250 g/mol. The van der Waals surface area contributed by atoms with Gasteiger partial charge in [-0.1, -0.05) is 32.8 Å². The van der Waals surface area contributed by atoms with Gasteiger partial charge in [0.15, 0.2) is 0 Å². The Morgan fingerprint density at radius 3 is 2.60 bits per heavy atom. The molecule has 20 heavy (non-hydrogen) atoms. The molecule has 0 bridgehead atoms. The summed E-state index contributed by atoms with van der Waals surface area (Å²) in [7, 11) is 2.00. The van der Waals surface area contributed by atoms with Gasteiger partial charge in [-0.15, -0.1) is 0 Å². The Morgan fingerprint density at radius 1 is 1.35 bits per heavy atom. The molecule has 4 nitrogen and oxygen atoms in total. The molecule has 1 aliphatic carbocycles. The van der Waals surface area contributed by atoms with Crippen molar-refractivity contribution in [2.24, 2.45) is 0 Å². The van der Waals surface area contributed by atoms with Crippen LogP contribution in [0.2, 0.25) is 0 Å². The standard InChI is InChI=1S/C16H27N3O/c1-13(2)17-10-14-6-7-15(18-11-14)19(3)12-16(20)8-4-5-9-16/h6-7,11,13,17,20H,4-5,8-10,12H2,1-3H3. The van der Waals surface area contributed by atoms with Crippen molar-refractivity contribution in [2.45, 2.75) is 57.7 Å². The Balaban J connectivity index is 1.91. The summed E-state index contributed by atoms with van der Waals surface area (Å²) in [6, 6.07) is 4.62. The summed E-state index contributed by atoms with van der Waals surface area (Å²) in [5, 5.41) is 13.8. The summed E-state index contributed by atoms with van der Waals surface area (Å²) in [6.45, 7) is 5.79. The summed E-state index contributed by atoms with van der Waals surface area (Å²) in [6.07, 6.45) is 6.01. The van der Waals surface area contributed by atoms with E-state index in [1.54, 1.807) is 0 Å². The van der Waals surface area contributed by atoms with Crippen LogP contribution in [0.4, 0.5) is 5.82 Å². The third-order valence-electron chi connectivity index (χ3n) is 3.98. The van der Waals surface area contributed by atoms with Gasteiger partial charge in [0.25, 0.3) is 0 Å². The molecule has 0 unspecified atom stereocenters. The van der Waals surface area contributed by atoms with Crippen molar-refractivity contribution in [2.75, 3.05) is 18.5 Å². The van der Waals surface area contributed by atoms with Crippen LogP contribution in [0.3, 0.4) is 0 Å². The normalized spacial score (nSPS) is 17.6. The molecule has 0 aromatic carbocycles. The maximum absolute atomic E-state index is 10.4. The second-order valence-electron chi connectivity index (χ2n) is 6.35. The molecule has 1 saturated carbocycles. The van der Waals surface area contributed by atoms with Crippen molar-refractivity contribution in [1.29, 1.82) is 0 Å². The van der Waals surface area contributed by atoms with Gasteiger partial charge in [-0.3, -0.25) is 0 Å². The second kappa shape index (κ2) is 6.55. The van der Waals surface area contributed by atoms with E-state index in [4.69, 9.17) is 0 Å². The van der Waals surface area contributed by atoms with Gasteiger partial charge >= 0.3 is 0 Å². The highest BCUT2D eigenvalue weighted by Gasteiger charge is 2.32. The van der Waals surface area contributed by atoms with Gasteiger partial charge in [-0.25, -0.2) is 4.98 Å². The highest BCUT2D eigenvalue weighted by Crippen LogP contribution is 2.30. The topological polar surface area (TPSA) is 48.4 Å². The van der Waals surface area contributed by atoms with Crippen molar-refractivity contribution in [3.63, 3.8) is 0 Å². The van der Waals surface area contributed by atoms with Crippen molar-refractivity contribution in [3.8, 4) is 0 Å². The molecule has 0 spiro atoms. The van der Waals surface area contributed by atoms with Gasteiger partial charge in [0.05, 0.1) is 5.60 Å². The number of pyridine rings is 1. The third-order valence-corrected chi connectivity index (χ3v) is 3.98. The summed E-state index contributed by atoms with van der Waals surface area (Å²) in [5.41, 5.74) is 0.671. The van der Waals surface area contributed by atoms with Crippen LogP contribution >= 0.6 is 0 Å². The minimum absolute atomic E-state index is 0.481. The predicted octanol–water partition coefficient (Wildman–Crippen LogP) is 2.32. The first kappa shape index (κ1) is 15.3. The van der Waals surface area contributed by atoms with E-state index in [9.17, 15) is 5.11 Å². The fourth-order valence-corrected chi connectivity index (χ4v) is 2.78. The first-order valence-corrected chi connectivity index (χ1v) is 7.60. The molecule has 0 atom stereocenters. The van der Waals surface area contributed by atoms with Gasteiger partial charge in [0.2, 0.25) is 0 Å². The Kier molecular flexibility index (Phi) is 5.00. The average molecular weight is 277 g/mol. The van der Waals surface area contributed by atoms with E-state index in [1.807, 2.05) is 19.3 Å². The van der Waals surface area contributed by atoms with Crippen molar-refractivity contribution in [1.82, 2.24) is 10.3 Å². The molecule has 1 heterocycles. The van der Waals surface area contributed by atoms with Crippen LogP contribution in [0.25, 0.3) is 0 Å². The molecule has 1 aromatic heterocycles. The van der Waals surface area contributed by atoms with Crippen LogP contribution in [0.15, 0.2) is 18.3 Å². The fraction of sp³-hybridized carbons (Fsp3) is 0.688. The molecule has 1 aliphatic rings. The van der Waals surface area contributed by atoms with Crippen LogP contribution in [0, 0.1) is 0 Å². The quantitative estimate of drug-likeness (QED) is 0.838. The Bertz CT molecular complexity index is 410. The van der Waals surface area contributed by atoms with E-state index < -0.39 is 5.60 Å². The van der Waals surface area contributed by atoms with E-state index in [2.05, 4.69) is 35.1 Å². The fourth-order valence-electron chi connectivity index (χ4n) is 2.78. The zero-order valence-corrected chi connectivity index (χ0v) is 12.9. The lowest BCUT2D eigenvalue weighted by Gasteiger charge is -2.29. The number of hydrogen-bond acceptors (Lipinski definition) is 4. The molecule has 1 fully saturated rings. The van der Waals surface area contributed by atoms with Crippen LogP contribution in [0.5, 0.6) is 0 Å². The Hall–Kier alpha value is -1.13. The largest absolute Gasteiger partial charge is 0.388 e. The maximum atomic E-state index is 10.4. The molecule has 2 rings (SSSR count). The van der Waals surface area contributed by atoms with Crippen LogP contribution in [0.1, 0.15) is 45.1 Å². The summed E-state index contributed by atoms with van der Waals surface area (Å²) in [4.78, 5) is 6.57. The van der Waals surface area contributed by atoms with E-state index in [-0.39, 0.29) is 0 Å². The zero-order chi connectivity index (χ0) is 14.6. The van der Waals surface area contributed by atoms with Gasteiger partial charge < -0.3 is 15.3 Å². The molecule has 1 aromatic rings. The smallest absolute Gasteiger partial charge is 0.128 e. The Labute approximate surface area is 122 Å². The molecule has 0 radical (unpaired) electrons. The third kappa shape index (κ3) is 4.18. The van der Waals surface area contributed by atoms with Gasteiger partial charge in [-0.2, -0.15) is 0 Å². The first-order chi connectivity index (χ1) is 9.48. The average Bonchev–Trinajstić information content (AvgIpc) is 2.83.